The van der Waals surface area contributed by atoms with Crippen LogP contribution in [0.25, 0.3) is 0 Å². The van der Waals surface area contributed by atoms with Crippen LogP contribution in [-0.4, -0.2) is 16.0 Å². The van der Waals surface area contributed by atoms with Crippen LogP contribution >= 0.6 is 11.6 Å². The average molecular weight is 254 g/mol. The van der Waals surface area contributed by atoms with Gasteiger partial charge in [0, 0.05) is 11.6 Å². The van der Waals surface area contributed by atoms with Crippen molar-refractivity contribution >= 4 is 17.4 Å². The van der Waals surface area contributed by atoms with Gasteiger partial charge in [-0.2, -0.15) is 0 Å². The van der Waals surface area contributed by atoms with E-state index in [1.54, 1.807) is 0 Å². The first-order chi connectivity index (χ1) is 7.98. The molecule has 1 aliphatic carbocycles. The van der Waals surface area contributed by atoms with E-state index in [2.05, 4.69) is 29.1 Å². The molecule has 1 aliphatic rings. The van der Waals surface area contributed by atoms with Crippen LogP contribution < -0.4 is 5.32 Å². The predicted octanol–water partition coefficient (Wildman–Crippen LogP) is 3.82. The normalized spacial score (nSPS) is 20.2. The molecular weight excluding hydrogens is 234 g/mol. The van der Waals surface area contributed by atoms with E-state index in [1.807, 2.05) is 6.92 Å². The van der Waals surface area contributed by atoms with Gasteiger partial charge in [-0.3, -0.25) is 0 Å². The Hall–Kier alpha value is -0.830. The predicted molar refractivity (Wildman–Crippen MR) is 71.4 cm³/mol. The van der Waals surface area contributed by atoms with Crippen molar-refractivity contribution in [2.75, 3.05) is 5.32 Å². The number of rotatable bonds is 2. The zero-order valence-corrected chi connectivity index (χ0v) is 11.5. The Morgan fingerprint density at radius 3 is 2.59 bits per heavy atom. The summed E-state index contributed by atoms with van der Waals surface area (Å²) in [6.45, 7) is 6.64. The molecule has 0 bridgehead atoms. The number of hydrogen-bond donors (Lipinski definition) is 1. The molecule has 0 spiro atoms. The molecule has 0 saturated heterocycles. The summed E-state index contributed by atoms with van der Waals surface area (Å²) in [6, 6.07) is 0.521. The maximum Gasteiger partial charge on any atom is 0.137 e. The highest BCUT2D eigenvalue weighted by Gasteiger charge is 2.27. The van der Waals surface area contributed by atoms with Gasteiger partial charge in [0.25, 0.3) is 0 Å². The van der Waals surface area contributed by atoms with Crippen LogP contribution in [0, 0.1) is 12.3 Å². The quantitative estimate of drug-likeness (QED) is 0.815. The molecule has 0 aromatic carbocycles. The third-order valence-electron chi connectivity index (χ3n) is 3.70. The number of aromatic nitrogens is 2. The highest BCUT2D eigenvalue weighted by atomic mass is 35.5. The van der Waals surface area contributed by atoms with Crippen molar-refractivity contribution in [2.24, 2.45) is 5.41 Å². The van der Waals surface area contributed by atoms with Crippen molar-refractivity contribution in [3.63, 3.8) is 0 Å². The summed E-state index contributed by atoms with van der Waals surface area (Å²) >= 11 is 5.99. The molecule has 3 nitrogen and oxygen atoms in total. The lowest BCUT2D eigenvalue weighted by atomic mass is 9.75. The van der Waals surface area contributed by atoms with Crippen LogP contribution in [0.15, 0.2) is 6.33 Å². The Morgan fingerprint density at radius 2 is 1.94 bits per heavy atom. The second-order valence-corrected chi connectivity index (χ2v) is 6.08. The van der Waals surface area contributed by atoms with Crippen LogP contribution in [0.3, 0.4) is 0 Å². The lowest BCUT2D eigenvalue weighted by Crippen LogP contribution is -2.30. The minimum Gasteiger partial charge on any atom is -0.367 e. The fourth-order valence-electron chi connectivity index (χ4n) is 2.31. The first-order valence-electron chi connectivity index (χ1n) is 6.21. The molecule has 4 heteroatoms. The lowest BCUT2D eigenvalue weighted by Gasteiger charge is -2.35. The lowest BCUT2D eigenvalue weighted by molar-refractivity contribution is 0.232. The Bertz CT molecular complexity index is 394. The summed E-state index contributed by atoms with van der Waals surface area (Å²) in [5.41, 5.74) is 1.44. The van der Waals surface area contributed by atoms with Crippen molar-refractivity contribution in [3.8, 4) is 0 Å². The van der Waals surface area contributed by atoms with E-state index in [4.69, 9.17) is 11.6 Å². The number of nitrogens with zero attached hydrogens (tertiary/aromatic N) is 2. The summed E-state index contributed by atoms with van der Waals surface area (Å²) in [7, 11) is 0. The Balaban J connectivity index is 2.00. The van der Waals surface area contributed by atoms with Crippen molar-refractivity contribution in [1.82, 2.24) is 9.97 Å². The first-order valence-corrected chi connectivity index (χ1v) is 6.59. The molecule has 1 N–H and O–H groups in total. The Kier molecular flexibility index (Phi) is 3.57. The van der Waals surface area contributed by atoms with Gasteiger partial charge in [0.2, 0.25) is 0 Å². The van der Waals surface area contributed by atoms with Gasteiger partial charge in [0.15, 0.2) is 0 Å². The number of hydrogen-bond acceptors (Lipinski definition) is 3. The minimum absolute atomic E-state index is 0.497. The van der Waals surface area contributed by atoms with Gasteiger partial charge in [-0.15, -0.1) is 0 Å². The molecule has 0 amide bonds. The van der Waals surface area contributed by atoms with Gasteiger partial charge >= 0.3 is 0 Å². The summed E-state index contributed by atoms with van der Waals surface area (Å²) in [4.78, 5) is 8.23. The molecule has 1 heterocycles. The monoisotopic (exact) mass is 253 g/mol. The van der Waals surface area contributed by atoms with Crippen LogP contribution in [0.4, 0.5) is 5.82 Å². The van der Waals surface area contributed by atoms with Crippen LogP contribution in [0.2, 0.25) is 5.15 Å². The van der Waals surface area contributed by atoms with Gasteiger partial charge in [-0.25, -0.2) is 9.97 Å². The van der Waals surface area contributed by atoms with E-state index in [1.165, 1.54) is 32.0 Å². The SMILES string of the molecule is Cc1c(Cl)ncnc1NC1CCC(C)(C)CC1. The molecular formula is C13H20ClN3. The fourth-order valence-corrected chi connectivity index (χ4v) is 2.44. The molecule has 1 fully saturated rings. The summed E-state index contributed by atoms with van der Waals surface area (Å²) in [5, 5.41) is 4.03. The summed E-state index contributed by atoms with van der Waals surface area (Å²) in [5.74, 6) is 0.884. The first kappa shape index (κ1) is 12.6. The highest BCUT2D eigenvalue weighted by Crippen LogP contribution is 2.36. The third-order valence-corrected chi connectivity index (χ3v) is 4.08. The van der Waals surface area contributed by atoms with Crippen LogP contribution in [-0.2, 0) is 0 Å². The average Bonchev–Trinajstić information content (AvgIpc) is 2.27. The van der Waals surface area contributed by atoms with Crippen molar-refractivity contribution in [1.29, 1.82) is 0 Å². The van der Waals surface area contributed by atoms with Gasteiger partial charge in [0.1, 0.15) is 17.3 Å². The molecule has 0 radical (unpaired) electrons. The topological polar surface area (TPSA) is 37.8 Å². The fraction of sp³-hybridized carbons (Fsp3) is 0.692. The van der Waals surface area contributed by atoms with E-state index in [0.29, 0.717) is 16.6 Å². The van der Waals surface area contributed by atoms with E-state index in [-0.39, 0.29) is 0 Å². The highest BCUT2D eigenvalue weighted by molar-refractivity contribution is 6.30. The molecule has 1 aromatic rings. The Labute approximate surface area is 108 Å². The largest absolute Gasteiger partial charge is 0.367 e. The van der Waals surface area contributed by atoms with Gasteiger partial charge in [-0.1, -0.05) is 25.4 Å². The van der Waals surface area contributed by atoms with Crippen LogP contribution in [0.5, 0.6) is 0 Å². The van der Waals surface area contributed by atoms with E-state index in [0.717, 1.165) is 11.4 Å². The summed E-state index contributed by atoms with van der Waals surface area (Å²) < 4.78 is 0. The second-order valence-electron chi connectivity index (χ2n) is 5.72. The molecule has 2 rings (SSSR count). The molecule has 94 valence electrons. The molecule has 0 aliphatic heterocycles. The number of halogens is 1. The molecule has 0 atom stereocenters. The van der Waals surface area contributed by atoms with Crippen molar-refractivity contribution in [2.45, 2.75) is 52.5 Å². The van der Waals surface area contributed by atoms with E-state index >= 15 is 0 Å². The zero-order chi connectivity index (χ0) is 12.5. The smallest absolute Gasteiger partial charge is 0.137 e. The maximum atomic E-state index is 5.99. The van der Waals surface area contributed by atoms with Gasteiger partial charge in [0.05, 0.1) is 0 Å². The van der Waals surface area contributed by atoms with Gasteiger partial charge < -0.3 is 5.32 Å². The maximum absolute atomic E-state index is 5.99. The third kappa shape index (κ3) is 3.09. The number of nitrogens with one attached hydrogen (secondary N) is 1. The summed E-state index contributed by atoms with van der Waals surface area (Å²) in [6.07, 6.45) is 6.46. The molecule has 17 heavy (non-hydrogen) atoms. The van der Waals surface area contributed by atoms with Crippen molar-refractivity contribution in [3.05, 3.63) is 17.0 Å². The van der Waals surface area contributed by atoms with Crippen molar-refractivity contribution < 1.29 is 0 Å². The zero-order valence-electron chi connectivity index (χ0n) is 10.8. The molecule has 1 saturated carbocycles. The standard InChI is InChI=1S/C13H20ClN3/c1-9-11(14)15-8-16-12(9)17-10-4-6-13(2,3)7-5-10/h8,10H,4-7H2,1-3H3,(H,15,16,17). The number of anilines is 1. The van der Waals surface area contributed by atoms with Crippen LogP contribution in [0.1, 0.15) is 45.1 Å². The second kappa shape index (κ2) is 4.81. The van der Waals surface area contributed by atoms with E-state index < -0.39 is 0 Å². The molecule has 1 aromatic heterocycles. The molecule has 0 unspecified atom stereocenters. The Morgan fingerprint density at radius 1 is 1.29 bits per heavy atom. The van der Waals surface area contributed by atoms with E-state index in [9.17, 15) is 0 Å². The minimum atomic E-state index is 0.497. The van der Waals surface area contributed by atoms with Gasteiger partial charge in [-0.05, 0) is 38.0 Å².